The number of carbonyl (C=O) groups excluding carboxylic acids is 2. The topological polar surface area (TPSA) is 101 Å². The zero-order valence-electron chi connectivity index (χ0n) is 12.1. The Labute approximate surface area is 140 Å². The van der Waals surface area contributed by atoms with Crippen molar-refractivity contribution >= 4 is 34.8 Å². The molecule has 0 unspecified atom stereocenters. The Morgan fingerprint density at radius 2 is 1.79 bits per heavy atom. The van der Waals surface area contributed by atoms with Gasteiger partial charge in [0.1, 0.15) is 5.82 Å². The van der Waals surface area contributed by atoms with Gasteiger partial charge >= 0.3 is 11.8 Å². The second-order valence-corrected chi connectivity index (χ2v) is 5.09. The highest BCUT2D eigenvalue weighted by atomic mass is 35.5. The molecule has 7 nitrogen and oxygen atoms in total. The Morgan fingerprint density at radius 3 is 2.42 bits per heavy atom. The van der Waals surface area contributed by atoms with Gasteiger partial charge in [0.2, 0.25) is 0 Å². The Kier molecular flexibility index (Phi) is 5.43. The van der Waals surface area contributed by atoms with E-state index in [0.717, 1.165) is 6.07 Å². The van der Waals surface area contributed by atoms with E-state index >= 15 is 0 Å². The maximum Gasteiger partial charge on any atom is 0.313 e. The van der Waals surface area contributed by atoms with Crippen molar-refractivity contribution in [3.05, 3.63) is 69.0 Å². The molecular formula is C15H11ClFN3O4. The minimum Gasteiger partial charge on any atom is -0.344 e. The van der Waals surface area contributed by atoms with Gasteiger partial charge in [0.15, 0.2) is 0 Å². The van der Waals surface area contributed by atoms with E-state index in [1.54, 1.807) is 0 Å². The van der Waals surface area contributed by atoms with Gasteiger partial charge in [-0.25, -0.2) is 4.39 Å². The van der Waals surface area contributed by atoms with E-state index in [0.29, 0.717) is 5.56 Å². The minimum absolute atomic E-state index is 0.0230. The first-order valence-electron chi connectivity index (χ1n) is 6.64. The lowest BCUT2D eigenvalue weighted by atomic mass is 10.2. The van der Waals surface area contributed by atoms with Crippen molar-refractivity contribution in [2.45, 2.75) is 6.54 Å². The summed E-state index contributed by atoms with van der Waals surface area (Å²) in [6.07, 6.45) is 0. The molecule has 2 amide bonds. The SMILES string of the molecule is O=C(NCc1ccc(F)cc1)C(=O)Nc1cc([N+](=O)[O-])ccc1Cl. The third kappa shape index (κ3) is 4.50. The molecule has 0 fully saturated rings. The number of hydrogen-bond donors (Lipinski definition) is 2. The summed E-state index contributed by atoms with van der Waals surface area (Å²) in [5.74, 6) is -2.40. The zero-order chi connectivity index (χ0) is 17.7. The third-order valence-electron chi connectivity index (χ3n) is 2.98. The summed E-state index contributed by atoms with van der Waals surface area (Å²) in [7, 11) is 0. The third-order valence-corrected chi connectivity index (χ3v) is 3.31. The molecule has 0 bridgehead atoms. The van der Waals surface area contributed by atoms with Gasteiger partial charge in [-0.3, -0.25) is 19.7 Å². The molecule has 0 heterocycles. The van der Waals surface area contributed by atoms with E-state index in [4.69, 9.17) is 11.6 Å². The van der Waals surface area contributed by atoms with Gasteiger partial charge in [0.25, 0.3) is 5.69 Å². The lowest BCUT2D eigenvalue weighted by molar-refractivity contribution is -0.384. The first kappa shape index (κ1) is 17.4. The predicted molar refractivity (Wildman–Crippen MR) is 85.0 cm³/mol. The average Bonchev–Trinajstić information content (AvgIpc) is 2.55. The highest BCUT2D eigenvalue weighted by molar-refractivity contribution is 6.41. The number of non-ortho nitro benzene ring substituents is 1. The number of hydrogen-bond acceptors (Lipinski definition) is 4. The number of amides is 2. The van der Waals surface area contributed by atoms with Crippen LogP contribution in [0.15, 0.2) is 42.5 Å². The summed E-state index contributed by atoms with van der Waals surface area (Å²) in [5, 5.41) is 15.3. The summed E-state index contributed by atoms with van der Waals surface area (Å²) in [4.78, 5) is 33.6. The molecule has 24 heavy (non-hydrogen) atoms. The molecule has 0 aromatic heterocycles. The molecule has 2 rings (SSSR count). The maximum atomic E-state index is 12.8. The molecule has 2 aromatic rings. The van der Waals surface area contributed by atoms with Crippen LogP contribution in [0.5, 0.6) is 0 Å². The van der Waals surface area contributed by atoms with Gasteiger partial charge in [-0.05, 0) is 23.8 Å². The normalized spacial score (nSPS) is 10.1. The number of halogens is 2. The summed E-state index contributed by atoms with van der Waals surface area (Å²) < 4.78 is 12.8. The number of carbonyl (C=O) groups is 2. The molecule has 0 atom stereocenters. The zero-order valence-corrected chi connectivity index (χ0v) is 12.8. The number of nitro groups is 1. The molecular weight excluding hydrogens is 341 g/mol. The molecule has 0 aliphatic carbocycles. The summed E-state index contributed by atoms with van der Waals surface area (Å²) in [5.41, 5.74) is 0.278. The van der Waals surface area contributed by atoms with Crippen molar-refractivity contribution in [2.24, 2.45) is 0 Å². The molecule has 0 saturated carbocycles. The van der Waals surface area contributed by atoms with Crippen LogP contribution in [-0.2, 0) is 16.1 Å². The van der Waals surface area contributed by atoms with Gasteiger partial charge in [-0.1, -0.05) is 23.7 Å². The fourth-order valence-electron chi connectivity index (χ4n) is 1.77. The lowest BCUT2D eigenvalue weighted by Crippen LogP contribution is -2.35. The summed E-state index contributed by atoms with van der Waals surface area (Å²) in [6.45, 7) is 0.0230. The largest absolute Gasteiger partial charge is 0.344 e. The number of benzene rings is 2. The van der Waals surface area contributed by atoms with Crippen LogP contribution in [-0.4, -0.2) is 16.7 Å². The Balaban J connectivity index is 1.98. The number of nitrogens with zero attached hydrogens (tertiary/aromatic N) is 1. The summed E-state index contributed by atoms with van der Waals surface area (Å²) >= 11 is 5.83. The van der Waals surface area contributed by atoms with Gasteiger partial charge < -0.3 is 10.6 Å². The summed E-state index contributed by atoms with van der Waals surface area (Å²) in [6, 6.07) is 8.84. The smallest absolute Gasteiger partial charge is 0.313 e. The van der Waals surface area contributed by atoms with E-state index in [1.165, 1.54) is 36.4 Å². The van der Waals surface area contributed by atoms with Crippen LogP contribution in [0.4, 0.5) is 15.8 Å². The monoisotopic (exact) mass is 351 g/mol. The van der Waals surface area contributed by atoms with Crippen LogP contribution in [0.2, 0.25) is 5.02 Å². The number of anilines is 1. The molecule has 124 valence electrons. The van der Waals surface area contributed by atoms with Gasteiger partial charge in [-0.2, -0.15) is 0 Å². The van der Waals surface area contributed by atoms with Gasteiger partial charge in [0, 0.05) is 18.7 Å². The molecule has 0 aliphatic rings. The maximum absolute atomic E-state index is 12.8. The minimum atomic E-state index is -1.03. The van der Waals surface area contributed by atoms with Crippen LogP contribution in [0.1, 0.15) is 5.56 Å². The van der Waals surface area contributed by atoms with Crippen LogP contribution in [0.25, 0.3) is 0 Å². The van der Waals surface area contributed by atoms with Crippen molar-refractivity contribution < 1.29 is 18.9 Å². The van der Waals surface area contributed by atoms with E-state index in [9.17, 15) is 24.1 Å². The van der Waals surface area contributed by atoms with Crippen LogP contribution in [0, 0.1) is 15.9 Å². The molecule has 2 N–H and O–H groups in total. The van der Waals surface area contributed by atoms with E-state index in [2.05, 4.69) is 10.6 Å². The fraction of sp³-hybridized carbons (Fsp3) is 0.0667. The quantitative estimate of drug-likeness (QED) is 0.502. The Hall–Kier alpha value is -3.00. The van der Waals surface area contributed by atoms with E-state index in [1.807, 2.05) is 0 Å². The molecule has 0 radical (unpaired) electrons. The first-order valence-corrected chi connectivity index (χ1v) is 7.02. The van der Waals surface area contributed by atoms with Crippen LogP contribution in [0.3, 0.4) is 0 Å². The number of rotatable bonds is 4. The second kappa shape index (κ2) is 7.51. The van der Waals surface area contributed by atoms with Crippen molar-refractivity contribution in [1.29, 1.82) is 0 Å². The second-order valence-electron chi connectivity index (χ2n) is 4.68. The van der Waals surface area contributed by atoms with Gasteiger partial charge in [0.05, 0.1) is 15.6 Å². The van der Waals surface area contributed by atoms with Crippen molar-refractivity contribution in [3.63, 3.8) is 0 Å². The number of nitrogens with one attached hydrogen (secondary N) is 2. The highest BCUT2D eigenvalue weighted by Crippen LogP contribution is 2.26. The van der Waals surface area contributed by atoms with Crippen molar-refractivity contribution in [2.75, 3.05) is 5.32 Å². The lowest BCUT2D eigenvalue weighted by Gasteiger charge is -2.08. The van der Waals surface area contributed by atoms with Crippen LogP contribution >= 0.6 is 11.6 Å². The molecule has 0 saturated heterocycles. The predicted octanol–water partition coefficient (Wildman–Crippen LogP) is 2.64. The average molecular weight is 352 g/mol. The van der Waals surface area contributed by atoms with Crippen molar-refractivity contribution in [1.82, 2.24) is 5.32 Å². The van der Waals surface area contributed by atoms with Crippen molar-refractivity contribution in [3.8, 4) is 0 Å². The standard InChI is InChI=1S/C15H11ClFN3O4/c16-12-6-5-11(20(23)24)7-13(12)19-15(22)14(21)18-8-9-1-3-10(17)4-2-9/h1-7H,8H2,(H,18,21)(H,19,22). The molecule has 2 aromatic carbocycles. The van der Waals surface area contributed by atoms with E-state index in [-0.39, 0.29) is 22.9 Å². The molecule has 0 aliphatic heterocycles. The molecule has 0 spiro atoms. The first-order chi connectivity index (χ1) is 11.4. The Bertz CT molecular complexity index is 796. The number of nitro benzene ring substituents is 1. The van der Waals surface area contributed by atoms with E-state index < -0.39 is 22.6 Å². The van der Waals surface area contributed by atoms with Crippen LogP contribution < -0.4 is 10.6 Å². The Morgan fingerprint density at radius 1 is 1.12 bits per heavy atom. The molecule has 9 heteroatoms. The fourth-order valence-corrected chi connectivity index (χ4v) is 1.93. The highest BCUT2D eigenvalue weighted by Gasteiger charge is 2.17. The van der Waals surface area contributed by atoms with Gasteiger partial charge in [-0.15, -0.1) is 0 Å².